The van der Waals surface area contributed by atoms with Gasteiger partial charge in [-0.05, 0) is 30.7 Å². The Morgan fingerprint density at radius 1 is 1.35 bits per heavy atom. The van der Waals surface area contributed by atoms with Crippen LogP contribution in [0.4, 0.5) is 15.8 Å². The fourth-order valence-electron chi connectivity index (χ4n) is 1.83. The molecule has 0 amide bonds. The number of rotatable bonds is 4. The zero-order valence-corrected chi connectivity index (χ0v) is 11.6. The third kappa shape index (κ3) is 3.08. The summed E-state index contributed by atoms with van der Waals surface area (Å²) in [6.45, 7) is 1.72. The molecular formula is C14H13FN2O2S. The summed E-state index contributed by atoms with van der Waals surface area (Å²) >= 11 is 1.43. The summed E-state index contributed by atoms with van der Waals surface area (Å²) < 4.78 is 13.0. The summed E-state index contributed by atoms with van der Waals surface area (Å²) in [5, 5.41) is 10.9. The predicted molar refractivity (Wildman–Crippen MR) is 78.2 cm³/mol. The number of hydrogen-bond acceptors (Lipinski definition) is 4. The Hall–Kier alpha value is -2.08. The molecule has 0 atom stereocenters. The first kappa shape index (κ1) is 14.3. The molecule has 0 radical (unpaired) electrons. The van der Waals surface area contributed by atoms with Gasteiger partial charge in [-0.2, -0.15) is 0 Å². The van der Waals surface area contributed by atoms with E-state index in [0.717, 1.165) is 10.5 Å². The van der Waals surface area contributed by atoms with Gasteiger partial charge >= 0.3 is 0 Å². The smallest absolute Gasteiger partial charge is 0.272 e. The Labute approximate surface area is 119 Å². The van der Waals surface area contributed by atoms with Crippen LogP contribution in [0.5, 0.6) is 0 Å². The molecule has 0 saturated carbocycles. The van der Waals surface area contributed by atoms with Crippen LogP contribution >= 0.6 is 11.8 Å². The van der Waals surface area contributed by atoms with E-state index in [-0.39, 0.29) is 11.5 Å². The van der Waals surface area contributed by atoms with Crippen LogP contribution in [0, 0.1) is 22.9 Å². The second-order valence-corrected chi connectivity index (χ2v) is 5.31. The molecule has 2 rings (SSSR count). The maximum Gasteiger partial charge on any atom is 0.272 e. The van der Waals surface area contributed by atoms with Crippen LogP contribution in [0.2, 0.25) is 0 Å². The number of thioether (sulfide) groups is 1. The zero-order valence-electron chi connectivity index (χ0n) is 10.8. The van der Waals surface area contributed by atoms with E-state index in [1.54, 1.807) is 19.1 Å². The standard InChI is InChI=1S/C14H13FN2O2S/c1-9-10(3-2-4-13(9)17(18)19)8-20-14-6-5-11(15)7-12(14)16/h2-7H,8,16H2,1H3. The number of anilines is 1. The van der Waals surface area contributed by atoms with Gasteiger partial charge in [-0.15, -0.1) is 11.8 Å². The summed E-state index contributed by atoms with van der Waals surface area (Å²) in [6, 6.07) is 9.21. The molecular weight excluding hydrogens is 279 g/mol. The number of hydrogen-bond donors (Lipinski definition) is 1. The molecule has 6 heteroatoms. The molecule has 0 aliphatic carbocycles. The first-order chi connectivity index (χ1) is 9.49. The molecule has 0 bridgehead atoms. The first-order valence-electron chi connectivity index (χ1n) is 5.89. The van der Waals surface area contributed by atoms with E-state index in [1.807, 2.05) is 6.07 Å². The highest BCUT2D eigenvalue weighted by atomic mass is 32.2. The third-order valence-electron chi connectivity index (χ3n) is 2.97. The van der Waals surface area contributed by atoms with E-state index in [0.29, 0.717) is 17.0 Å². The highest BCUT2D eigenvalue weighted by Gasteiger charge is 2.13. The van der Waals surface area contributed by atoms with Gasteiger partial charge in [0.05, 0.1) is 4.92 Å². The molecule has 0 aliphatic rings. The molecule has 104 valence electrons. The van der Waals surface area contributed by atoms with Crippen molar-refractivity contribution in [2.24, 2.45) is 0 Å². The van der Waals surface area contributed by atoms with Crippen molar-refractivity contribution in [2.45, 2.75) is 17.6 Å². The van der Waals surface area contributed by atoms with Gasteiger partial charge in [-0.1, -0.05) is 12.1 Å². The van der Waals surface area contributed by atoms with Crippen molar-refractivity contribution in [3.8, 4) is 0 Å². The lowest BCUT2D eigenvalue weighted by molar-refractivity contribution is -0.385. The molecule has 0 saturated heterocycles. The first-order valence-corrected chi connectivity index (χ1v) is 6.88. The van der Waals surface area contributed by atoms with Crippen LogP contribution in [0.3, 0.4) is 0 Å². The fraction of sp³-hybridized carbons (Fsp3) is 0.143. The van der Waals surface area contributed by atoms with Crippen LogP contribution in [-0.4, -0.2) is 4.92 Å². The summed E-state index contributed by atoms with van der Waals surface area (Å²) in [5.41, 5.74) is 7.73. The van der Waals surface area contributed by atoms with Crippen LogP contribution in [0.1, 0.15) is 11.1 Å². The fourth-order valence-corrected chi connectivity index (χ4v) is 2.84. The summed E-state index contributed by atoms with van der Waals surface area (Å²) in [7, 11) is 0. The number of halogens is 1. The van der Waals surface area contributed by atoms with Crippen LogP contribution in [-0.2, 0) is 5.75 Å². The minimum Gasteiger partial charge on any atom is -0.398 e. The lowest BCUT2D eigenvalue weighted by Crippen LogP contribution is -1.96. The molecule has 2 N–H and O–H groups in total. The topological polar surface area (TPSA) is 69.2 Å². The molecule has 0 spiro atoms. The van der Waals surface area contributed by atoms with Gasteiger partial charge in [-0.25, -0.2) is 4.39 Å². The predicted octanol–water partition coefficient (Wildman–Crippen LogP) is 3.92. The van der Waals surface area contributed by atoms with E-state index in [2.05, 4.69) is 0 Å². The van der Waals surface area contributed by atoms with Gasteiger partial charge < -0.3 is 5.73 Å². The van der Waals surface area contributed by atoms with E-state index >= 15 is 0 Å². The largest absolute Gasteiger partial charge is 0.398 e. The van der Waals surface area contributed by atoms with Crippen molar-refractivity contribution in [3.05, 3.63) is 63.5 Å². The number of nitrogens with two attached hydrogens (primary N) is 1. The highest BCUT2D eigenvalue weighted by Crippen LogP contribution is 2.31. The Balaban J connectivity index is 2.19. The van der Waals surface area contributed by atoms with Crippen molar-refractivity contribution < 1.29 is 9.31 Å². The summed E-state index contributed by atoms with van der Waals surface area (Å²) in [5.74, 6) is 0.168. The number of nitro groups is 1. The van der Waals surface area contributed by atoms with E-state index in [9.17, 15) is 14.5 Å². The molecule has 0 fully saturated rings. The average molecular weight is 292 g/mol. The van der Waals surface area contributed by atoms with E-state index in [1.165, 1.54) is 30.0 Å². The number of nitrogens with zero attached hydrogens (tertiary/aromatic N) is 1. The van der Waals surface area contributed by atoms with Crippen LogP contribution in [0.15, 0.2) is 41.3 Å². The minimum absolute atomic E-state index is 0.107. The maximum atomic E-state index is 13.0. The second-order valence-electron chi connectivity index (χ2n) is 4.29. The SMILES string of the molecule is Cc1c(CSc2ccc(F)cc2N)cccc1[N+](=O)[O-]. The van der Waals surface area contributed by atoms with E-state index < -0.39 is 4.92 Å². The van der Waals surface area contributed by atoms with Crippen molar-refractivity contribution in [2.75, 3.05) is 5.73 Å². The molecule has 4 nitrogen and oxygen atoms in total. The Kier molecular flexibility index (Phi) is 4.24. The normalized spacial score (nSPS) is 10.5. The van der Waals surface area contributed by atoms with Crippen molar-refractivity contribution >= 4 is 23.1 Å². The Morgan fingerprint density at radius 2 is 2.10 bits per heavy atom. The monoisotopic (exact) mass is 292 g/mol. The van der Waals surface area contributed by atoms with Crippen LogP contribution < -0.4 is 5.73 Å². The number of nitro benzene ring substituents is 1. The van der Waals surface area contributed by atoms with Gasteiger partial charge in [0.2, 0.25) is 0 Å². The molecule has 2 aromatic carbocycles. The molecule has 2 aromatic rings. The second kappa shape index (κ2) is 5.92. The van der Waals surface area contributed by atoms with Gasteiger partial charge in [0.1, 0.15) is 5.82 Å². The van der Waals surface area contributed by atoms with Crippen molar-refractivity contribution in [1.82, 2.24) is 0 Å². The molecule has 20 heavy (non-hydrogen) atoms. The zero-order chi connectivity index (χ0) is 14.7. The van der Waals surface area contributed by atoms with Gasteiger partial charge in [-0.3, -0.25) is 10.1 Å². The Morgan fingerprint density at radius 3 is 2.75 bits per heavy atom. The summed E-state index contributed by atoms with van der Waals surface area (Å²) in [6.07, 6.45) is 0. The molecule has 0 heterocycles. The minimum atomic E-state index is -0.393. The number of benzene rings is 2. The lowest BCUT2D eigenvalue weighted by atomic mass is 10.1. The number of nitrogen functional groups attached to an aromatic ring is 1. The Bertz CT molecular complexity index is 662. The van der Waals surface area contributed by atoms with E-state index in [4.69, 9.17) is 5.73 Å². The summed E-state index contributed by atoms with van der Waals surface area (Å²) in [4.78, 5) is 11.2. The van der Waals surface area contributed by atoms with Crippen molar-refractivity contribution in [1.29, 1.82) is 0 Å². The van der Waals surface area contributed by atoms with Gasteiger partial charge in [0.15, 0.2) is 0 Å². The van der Waals surface area contributed by atoms with Gasteiger partial charge in [0, 0.05) is 28.0 Å². The quantitative estimate of drug-likeness (QED) is 0.401. The highest BCUT2D eigenvalue weighted by molar-refractivity contribution is 7.98. The lowest BCUT2D eigenvalue weighted by Gasteiger charge is -2.08. The molecule has 0 aromatic heterocycles. The third-order valence-corrected chi connectivity index (χ3v) is 4.11. The van der Waals surface area contributed by atoms with Gasteiger partial charge in [0.25, 0.3) is 5.69 Å². The molecule has 0 unspecified atom stereocenters. The average Bonchev–Trinajstić information content (AvgIpc) is 2.39. The van der Waals surface area contributed by atoms with Crippen molar-refractivity contribution in [3.63, 3.8) is 0 Å². The molecule has 0 aliphatic heterocycles. The van der Waals surface area contributed by atoms with Crippen LogP contribution in [0.25, 0.3) is 0 Å². The maximum absolute atomic E-state index is 13.0.